The van der Waals surface area contributed by atoms with Crippen LogP contribution in [0.4, 0.5) is 0 Å². The second kappa shape index (κ2) is 21.4. The molecule has 6 aromatic carbocycles. The number of pyridine rings is 3. The van der Waals surface area contributed by atoms with Crippen LogP contribution in [-0.2, 0) is 20.1 Å². The third-order valence-corrected chi connectivity index (χ3v) is 9.27. The Morgan fingerprint density at radius 2 is 0.729 bits per heavy atom. The van der Waals surface area contributed by atoms with Crippen LogP contribution in [0.5, 0.6) is 0 Å². The van der Waals surface area contributed by atoms with Crippen molar-refractivity contribution in [1.29, 1.82) is 0 Å². The molecule has 0 bridgehead atoms. The Morgan fingerprint density at radius 1 is 0.339 bits per heavy atom. The Morgan fingerprint density at radius 3 is 1.10 bits per heavy atom. The summed E-state index contributed by atoms with van der Waals surface area (Å²) in [6, 6.07) is 72.9. The molecule has 0 radical (unpaired) electrons. The molecule has 9 rings (SSSR count). The molecule has 4 heteroatoms. The Kier molecular flexibility index (Phi) is 15.1. The average Bonchev–Trinajstić information content (AvgIpc) is 3.33. The summed E-state index contributed by atoms with van der Waals surface area (Å²) in [5, 5.41) is 0. The van der Waals surface area contributed by atoms with Crippen molar-refractivity contribution in [3.8, 4) is 67.2 Å². The van der Waals surface area contributed by atoms with Gasteiger partial charge in [0.1, 0.15) is 0 Å². The van der Waals surface area contributed by atoms with Gasteiger partial charge in [-0.05, 0) is 92.4 Å². The predicted molar refractivity (Wildman–Crippen MR) is 242 cm³/mol. The zero-order valence-corrected chi connectivity index (χ0v) is 34.8. The second-order valence-corrected chi connectivity index (χ2v) is 13.1. The van der Waals surface area contributed by atoms with Crippen molar-refractivity contribution in [3.63, 3.8) is 0 Å². The number of rotatable bonds is 8. The molecule has 0 fully saturated rings. The molecule has 3 nitrogen and oxygen atoms in total. The van der Waals surface area contributed by atoms with Gasteiger partial charge in [-0.1, -0.05) is 110 Å². The van der Waals surface area contributed by atoms with Crippen molar-refractivity contribution in [3.05, 3.63) is 249 Å². The monoisotopic (exact) mass is 935 g/mol. The molecule has 0 aliphatic heterocycles. The fourth-order valence-electron chi connectivity index (χ4n) is 6.22. The summed E-state index contributed by atoms with van der Waals surface area (Å²) >= 11 is 0. The van der Waals surface area contributed by atoms with Gasteiger partial charge in [-0.2, -0.15) is 0 Å². The molecular weight excluding hydrogens is 895 g/mol. The van der Waals surface area contributed by atoms with Crippen molar-refractivity contribution < 1.29 is 20.1 Å². The van der Waals surface area contributed by atoms with E-state index in [1.807, 2.05) is 128 Å². The summed E-state index contributed by atoms with van der Waals surface area (Å²) < 4.78 is 0. The predicted octanol–water partition coefficient (Wildman–Crippen LogP) is 13.9. The van der Waals surface area contributed by atoms with Gasteiger partial charge in [0.25, 0.3) is 0 Å². The first-order valence-corrected chi connectivity index (χ1v) is 19.0. The fraction of sp³-hybridized carbons (Fsp3) is 0. The van der Waals surface area contributed by atoms with E-state index in [1.165, 1.54) is 22.3 Å². The summed E-state index contributed by atoms with van der Waals surface area (Å²) in [6.45, 7) is 7.75. The van der Waals surface area contributed by atoms with E-state index in [-0.39, 0.29) is 20.1 Å². The van der Waals surface area contributed by atoms with Crippen molar-refractivity contribution in [2.75, 3.05) is 0 Å². The van der Waals surface area contributed by atoms with Gasteiger partial charge in [0.2, 0.25) is 0 Å². The van der Waals surface area contributed by atoms with E-state index in [9.17, 15) is 0 Å². The van der Waals surface area contributed by atoms with Crippen molar-refractivity contribution >= 4 is 12.2 Å². The summed E-state index contributed by atoms with van der Waals surface area (Å²) in [5.41, 5.74) is 15.1. The zero-order chi connectivity index (χ0) is 39.8. The molecule has 3 heterocycles. The van der Waals surface area contributed by atoms with E-state index in [4.69, 9.17) is 0 Å². The van der Waals surface area contributed by atoms with E-state index in [2.05, 4.69) is 125 Å². The van der Waals surface area contributed by atoms with Gasteiger partial charge in [0.15, 0.2) is 0 Å². The molecule has 284 valence electrons. The quantitative estimate of drug-likeness (QED) is 0.143. The van der Waals surface area contributed by atoms with Gasteiger partial charge in [-0.15, -0.1) is 107 Å². The molecule has 0 aliphatic rings. The van der Waals surface area contributed by atoms with Crippen LogP contribution >= 0.6 is 0 Å². The van der Waals surface area contributed by atoms with Crippen LogP contribution in [0.25, 0.3) is 79.3 Å². The Labute approximate surface area is 361 Å². The van der Waals surface area contributed by atoms with Gasteiger partial charge in [0, 0.05) is 18.6 Å². The topological polar surface area (TPSA) is 38.7 Å². The molecule has 0 saturated heterocycles. The van der Waals surface area contributed by atoms with Gasteiger partial charge in [-0.25, -0.2) is 0 Å². The minimum atomic E-state index is 0. The molecular formula is C55H40IrN3. The Hall–Kier alpha value is -7.10. The van der Waals surface area contributed by atoms with Crippen LogP contribution in [-0.4, -0.2) is 15.0 Å². The largest absolute Gasteiger partial charge is 3.00 e. The third-order valence-electron chi connectivity index (χ3n) is 9.27. The van der Waals surface area contributed by atoms with Gasteiger partial charge in [-0.3, -0.25) is 0 Å². The molecule has 0 N–H and O–H groups in total. The molecule has 0 aliphatic carbocycles. The van der Waals surface area contributed by atoms with E-state index in [1.54, 1.807) is 12.4 Å². The molecule has 0 saturated carbocycles. The molecule has 0 unspecified atom stereocenters. The van der Waals surface area contributed by atoms with Gasteiger partial charge >= 0.3 is 20.1 Å². The van der Waals surface area contributed by atoms with Gasteiger partial charge < -0.3 is 15.0 Å². The normalized spacial score (nSPS) is 10.0. The summed E-state index contributed by atoms with van der Waals surface area (Å²) in [6.07, 6.45) is 9.12. The third kappa shape index (κ3) is 11.5. The molecule has 0 atom stereocenters. The van der Waals surface area contributed by atoms with Crippen LogP contribution in [0.15, 0.2) is 220 Å². The maximum atomic E-state index is 4.50. The number of hydrogen-bond acceptors (Lipinski definition) is 3. The maximum absolute atomic E-state index is 4.50. The maximum Gasteiger partial charge on any atom is 3.00 e. The average molecular weight is 935 g/mol. The standard InChI is InChI=1S/C33H24N.2C11H8N.Ir/c1-3-24-11-15-26(16-12-24)30-21-31(27-17-13-25(4-2)14-18-27)23-32(22-30)28-8-7-9-29(20-28)33-10-5-6-19-34-33;2*1-2-6-10(7-3-1)11-8-4-5-9-12-11;/h3-8,10-23H,1-2H2;2*1-6,8-9H;/q3*-1;+3. The molecule has 0 amide bonds. The number of hydrogen-bond donors (Lipinski definition) is 0. The first kappa shape index (κ1) is 41.5. The fourth-order valence-corrected chi connectivity index (χ4v) is 6.22. The van der Waals surface area contributed by atoms with Crippen molar-refractivity contribution in [2.45, 2.75) is 0 Å². The first-order chi connectivity index (χ1) is 28.7. The van der Waals surface area contributed by atoms with Crippen LogP contribution < -0.4 is 0 Å². The Balaban J connectivity index is 0.000000190. The second-order valence-electron chi connectivity index (χ2n) is 13.1. The summed E-state index contributed by atoms with van der Waals surface area (Å²) in [7, 11) is 0. The SMILES string of the molecule is C=Cc1ccc(-c2cc(-c3ccc(C=C)cc3)cc(-c3cc[c-]c(-c4ccccn4)c3)c2)cc1.[Ir+3].[c-]1ccccc1-c1ccccn1.[c-]1ccccc1-c1ccccn1. The molecule has 59 heavy (non-hydrogen) atoms. The first-order valence-electron chi connectivity index (χ1n) is 19.0. The summed E-state index contributed by atoms with van der Waals surface area (Å²) in [5.74, 6) is 0. The summed E-state index contributed by atoms with van der Waals surface area (Å²) in [4.78, 5) is 12.9. The minimum absolute atomic E-state index is 0. The van der Waals surface area contributed by atoms with Gasteiger partial charge in [0.05, 0.1) is 0 Å². The molecule has 3 aromatic heterocycles. The van der Waals surface area contributed by atoms with Crippen molar-refractivity contribution in [1.82, 2.24) is 15.0 Å². The number of aromatic nitrogens is 3. The van der Waals surface area contributed by atoms with Crippen LogP contribution in [0.2, 0.25) is 0 Å². The minimum Gasteiger partial charge on any atom is -0.305 e. The van der Waals surface area contributed by atoms with E-state index in [0.29, 0.717) is 0 Å². The molecule has 9 aromatic rings. The van der Waals surface area contributed by atoms with Crippen LogP contribution in [0.3, 0.4) is 0 Å². The van der Waals surface area contributed by atoms with E-state index >= 15 is 0 Å². The zero-order valence-electron chi connectivity index (χ0n) is 32.4. The smallest absolute Gasteiger partial charge is 0.305 e. The molecule has 0 spiro atoms. The van der Waals surface area contributed by atoms with E-state index in [0.717, 1.165) is 56.0 Å². The van der Waals surface area contributed by atoms with Crippen LogP contribution in [0.1, 0.15) is 11.1 Å². The van der Waals surface area contributed by atoms with Crippen molar-refractivity contribution in [2.24, 2.45) is 0 Å². The van der Waals surface area contributed by atoms with E-state index < -0.39 is 0 Å². The number of benzene rings is 6. The van der Waals surface area contributed by atoms with Crippen LogP contribution in [0, 0.1) is 18.2 Å². The Bertz CT molecular complexity index is 2430. The number of nitrogens with zero attached hydrogens (tertiary/aromatic N) is 3.